The number of benzene rings is 1. The Morgan fingerprint density at radius 2 is 1.64 bits per heavy atom. The molecule has 1 heterocycles. The summed E-state index contributed by atoms with van der Waals surface area (Å²) in [5, 5.41) is 0. The SMILES string of the molecule is CC(C)=C1[C@H]2C=C[C@H]1[C@H]1C(=O)N(c3cccc(I)c3)C(=O)[C@@H]12. The number of nitrogens with zero attached hydrogens (tertiary/aromatic N) is 1. The van der Waals surface area contributed by atoms with Crippen molar-refractivity contribution in [3.05, 3.63) is 51.1 Å². The molecule has 2 aliphatic carbocycles. The Morgan fingerprint density at radius 1 is 1.05 bits per heavy atom. The Bertz CT molecular complexity index is 726. The second-order valence-corrected chi connectivity index (χ2v) is 7.68. The number of imide groups is 1. The van der Waals surface area contributed by atoms with Crippen LogP contribution in [0.3, 0.4) is 0 Å². The van der Waals surface area contributed by atoms with Crippen molar-refractivity contribution in [2.24, 2.45) is 23.7 Å². The van der Waals surface area contributed by atoms with Gasteiger partial charge in [0.15, 0.2) is 0 Å². The minimum atomic E-state index is -0.203. The van der Waals surface area contributed by atoms with Crippen LogP contribution in [0.25, 0.3) is 0 Å². The average molecular weight is 405 g/mol. The van der Waals surface area contributed by atoms with Crippen molar-refractivity contribution in [2.75, 3.05) is 4.90 Å². The lowest BCUT2D eigenvalue weighted by Gasteiger charge is -2.19. The van der Waals surface area contributed by atoms with Crippen molar-refractivity contribution in [3.63, 3.8) is 0 Å². The van der Waals surface area contributed by atoms with Gasteiger partial charge in [0, 0.05) is 15.4 Å². The summed E-state index contributed by atoms with van der Waals surface area (Å²) in [6, 6.07) is 7.59. The van der Waals surface area contributed by atoms with Gasteiger partial charge in [0.25, 0.3) is 0 Å². The van der Waals surface area contributed by atoms with Crippen LogP contribution in [0, 0.1) is 27.2 Å². The molecular weight excluding hydrogens is 389 g/mol. The van der Waals surface area contributed by atoms with Gasteiger partial charge in [-0.25, -0.2) is 4.90 Å². The molecule has 1 saturated heterocycles. The third-order valence-electron chi connectivity index (χ3n) is 5.06. The summed E-state index contributed by atoms with van der Waals surface area (Å²) in [5.74, 6) is -0.246. The first kappa shape index (κ1) is 14.2. The molecule has 2 amide bonds. The van der Waals surface area contributed by atoms with E-state index in [2.05, 4.69) is 48.6 Å². The van der Waals surface area contributed by atoms with Gasteiger partial charge in [0.2, 0.25) is 11.8 Å². The number of amides is 2. The van der Waals surface area contributed by atoms with Crippen molar-refractivity contribution >= 4 is 40.1 Å². The van der Waals surface area contributed by atoms with E-state index in [-0.39, 0.29) is 35.5 Å². The largest absolute Gasteiger partial charge is 0.274 e. The van der Waals surface area contributed by atoms with Crippen molar-refractivity contribution < 1.29 is 9.59 Å². The maximum atomic E-state index is 12.9. The fraction of sp³-hybridized carbons (Fsp3) is 0.333. The van der Waals surface area contributed by atoms with E-state index in [0.717, 1.165) is 3.57 Å². The fourth-order valence-electron chi connectivity index (χ4n) is 4.30. The number of halogens is 1. The van der Waals surface area contributed by atoms with E-state index in [1.807, 2.05) is 24.3 Å². The van der Waals surface area contributed by atoms with E-state index in [4.69, 9.17) is 0 Å². The first-order valence-electron chi connectivity index (χ1n) is 7.49. The first-order valence-corrected chi connectivity index (χ1v) is 8.57. The van der Waals surface area contributed by atoms with Gasteiger partial charge in [-0.15, -0.1) is 0 Å². The normalized spacial score (nSPS) is 32.1. The summed E-state index contributed by atoms with van der Waals surface area (Å²) >= 11 is 2.20. The Balaban J connectivity index is 1.78. The summed E-state index contributed by atoms with van der Waals surface area (Å²) < 4.78 is 1.03. The highest BCUT2D eigenvalue weighted by molar-refractivity contribution is 14.1. The Kier molecular flexibility index (Phi) is 3.08. The predicted octanol–water partition coefficient (Wildman–Crippen LogP) is 3.55. The van der Waals surface area contributed by atoms with E-state index < -0.39 is 0 Å². The number of allylic oxidation sites excluding steroid dienone is 4. The summed E-state index contributed by atoms with van der Waals surface area (Å²) in [7, 11) is 0. The van der Waals surface area contributed by atoms with Gasteiger partial charge in [-0.2, -0.15) is 0 Å². The molecule has 4 rings (SSSR count). The Labute approximate surface area is 143 Å². The number of rotatable bonds is 1. The highest BCUT2D eigenvalue weighted by atomic mass is 127. The van der Waals surface area contributed by atoms with Gasteiger partial charge < -0.3 is 0 Å². The van der Waals surface area contributed by atoms with Crippen molar-refractivity contribution in [1.82, 2.24) is 0 Å². The molecule has 0 radical (unpaired) electrons. The van der Waals surface area contributed by atoms with Gasteiger partial charge >= 0.3 is 0 Å². The van der Waals surface area contributed by atoms with E-state index >= 15 is 0 Å². The molecule has 0 N–H and O–H groups in total. The second kappa shape index (κ2) is 4.78. The molecule has 112 valence electrons. The number of fused-ring (bicyclic) bond motifs is 5. The molecule has 0 aromatic heterocycles. The topological polar surface area (TPSA) is 37.4 Å². The molecule has 1 aromatic carbocycles. The number of hydrogen-bond acceptors (Lipinski definition) is 2. The van der Waals surface area contributed by atoms with Crippen LogP contribution in [0.2, 0.25) is 0 Å². The van der Waals surface area contributed by atoms with Crippen molar-refractivity contribution in [1.29, 1.82) is 0 Å². The van der Waals surface area contributed by atoms with Crippen molar-refractivity contribution in [2.45, 2.75) is 13.8 Å². The van der Waals surface area contributed by atoms with Gasteiger partial charge in [0.05, 0.1) is 17.5 Å². The van der Waals surface area contributed by atoms with E-state index in [1.165, 1.54) is 16.0 Å². The highest BCUT2D eigenvalue weighted by Crippen LogP contribution is 2.57. The highest BCUT2D eigenvalue weighted by Gasteiger charge is 2.61. The quantitative estimate of drug-likeness (QED) is 0.407. The average Bonchev–Trinajstić information content (AvgIpc) is 3.09. The maximum absolute atomic E-state index is 12.9. The fourth-order valence-corrected chi connectivity index (χ4v) is 4.83. The molecule has 1 saturated carbocycles. The summed E-state index contributed by atoms with van der Waals surface area (Å²) in [4.78, 5) is 27.2. The molecule has 0 spiro atoms. The Morgan fingerprint density at radius 3 is 2.14 bits per heavy atom. The van der Waals surface area contributed by atoms with Crippen LogP contribution >= 0.6 is 22.6 Å². The summed E-state index contributed by atoms with van der Waals surface area (Å²) in [6.45, 7) is 4.16. The lowest BCUT2D eigenvalue weighted by atomic mass is 9.85. The lowest BCUT2D eigenvalue weighted by molar-refractivity contribution is -0.122. The van der Waals surface area contributed by atoms with Gasteiger partial charge in [0.1, 0.15) is 0 Å². The molecule has 3 aliphatic rings. The smallest absolute Gasteiger partial charge is 0.238 e. The van der Waals surface area contributed by atoms with Gasteiger partial charge in [-0.3, -0.25) is 9.59 Å². The van der Waals surface area contributed by atoms with E-state index in [1.54, 1.807) is 0 Å². The zero-order valence-corrected chi connectivity index (χ0v) is 14.6. The number of carbonyl (C=O) groups is 2. The molecule has 4 heteroatoms. The van der Waals surface area contributed by atoms with Crippen LogP contribution < -0.4 is 4.90 Å². The van der Waals surface area contributed by atoms with Crippen LogP contribution in [0.5, 0.6) is 0 Å². The minimum Gasteiger partial charge on any atom is -0.274 e. The summed E-state index contributed by atoms with van der Waals surface area (Å²) in [6.07, 6.45) is 4.25. The van der Waals surface area contributed by atoms with Crippen LogP contribution in [-0.2, 0) is 9.59 Å². The molecule has 22 heavy (non-hydrogen) atoms. The molecular formula is C18H16INO2. The molecule has 1 aliphatic heterocycles. The molecule has 2 bridgehead atoms. The van der Waals surface area contributed by atoms with Crippen LogP contribution in [-0.4, -0.2) is 11.8 Å². The minimum absolute atomic E-state index is 0.0346. The first-order chi connectivity index (χ1) is 10.5. The van der Waals surface area contributed by atoms with Gasteiger partial charge in [-0.05, 0) is 54.6 Å². The predicted molar refractivity (Wildman–Crippen MR) is 93.1 cm³/mol. The second-order valence-electron chi connectivity index (χ2n) is 6.44. The Hall–Kier alpha value is -1.43. The molecule has 0 unspecified atom stereocenters. The molecule has 3 nitrogen and oxygen atoms in total. The summed E-state index contributed by atoms with van der Waals surface area (Å²) in [5.41, 5.74) is 3.24. The van der Waals surface area contributed by atoms with Crippen molar-refractivity contribution in [3.8, 4) is 0 Å². The number of hydrogen-bond donors (Lipinski definition) is 0. The molecule has 4 atom stereocenters. The standard InChI is InChI=1S/C18H16INO2/c1-9(2)14-12-6-7-13(14)16-15(12)17(21)20(18(16)22)11-5-3-4-10(19)8-11/h3-8,12-13,15-16H,1-2H3/t12-,13-,15-,16-/m1/s1. The van der Waals surface area contributed by atoms with E-state index in [9.17, 15) is 9.59 Å². The third kappa shape index (κ3) is 1.73. The van der Waals surface area contributed by atoms with Gasteiger partial charge in [-0.1, -0.05) is 29.4 Å². The third-order valence-corrected chi connectivity index (χ3v) is 5.73. The number of carbonyl (C=O) groups excluding carboxylic acids is 2. The van der Waals surface area contributed by atoms with Crippen LogP contribution in [0.4, 0.5) is 5.69 Å². The molecule has 2 fully saturated rings. The monoisotopic (exact) mass is 405 g/mol. The molecule has 1 aromatic rings. The maximum Gasteiger partial charge on any atom is 0.238 e. The zero-order valence-electron chi connectivity index (χ0n) is 12.4. The lowest BCUT2D eigenvalue weighted by Crippen LogP contribution is -2.33. The number of anilines is 1. The van der Waals surface area contributed by atoms with Crippen LogP contribution in [0.15, 0.2) is 47.6 Å². The zero-order chi connectivity index (χ0) is 15.6. The van der Waals surface area contributed by atoms with Crippen LogP contribution in [0.1, 0.15) is 13.8 Å². The van der Waals surface area contributed by atoms with E-state index in [0.29, 0.717) is 5.69 Å².